The number of halogens is 2. The molecule has 0 bridgehead atoms. The van der Waals surface area contributed by atoms with Crippen LogP contribution < -0.4 is 0 Å². The van der Waals surface area contributed by atoms with Crippen molar-refractivity contribution in [3.63, 3.8) is 0 Å². The smallest absolute Gasteiger partial charge is 0.227 e. The Balaban J connectivity index is 1.16. The topological polar surface area (TPSA) is 92.0 Å². The van der Waals surface area contributed by atoms with E-state index in [1.807, 2.05) is 17.7 Å². The number of Topliss-reactive ketones (excluding diaryl/α,β-unsaturated/α-hetero) is 1. The highest BCUT2D eigenvalue weighted by atomic mass is 19.1. The van der Waals surface area contributed by atoms with Gasteiger partial charge < -0.3 is 24.1 Å². The molecule has 10 atom stereocenters. The zero-order valence-corrected chi connectivity index (χ0v) is 24.7. The number of ether oxygens (including phenoxy) is 4. The molecule has 0 radical (unpaired) electrons. The molecule has 8 rings (SSSR count). The van der Waals surface area contributed by atoms with Gasteiger partial charge in [-0.15, -0.1) is 0 Å². The zero-order valence-electron chi connectivity index (χ0n) is 24.7. The molecule has 42 heavy (non-hydrogen) atoms. The predicted molar refractivity (Wildman–Crippen MR) is 146 cm³/mol. The molecule has 0 amide bonds. The molecular formula is C32H42F2N2O6. The van der Waals surface area contributed by atoms with E-state index in [0.29, 0.717) is 43.1 Å². The molecule has 2 aliphatic heterocycles. The number of aliphatic hydroxyl groups excluding tert-OH is 1. The Morgan fingerprint density at radius 1 is 1.12 bits per heavy atom. The summed E-state index contributed by atoms with van der Waals surface area (Å²) in [6.45, 7) is 6.97. The van der Waals surface area contributed by atoms with Crippen LogP contribution >= 0.6 is 0 Å². The van der Waals surface area contributed by atoms with Crippen LogP contribution in [0.4, 0.5) is 8.78 Å². The summed E-state index contributed by atoms with van der Waals surface area (Å²) in [5.74, 6) is -1.47. The van der Waals surface area contributed by atoms with Crippen molar-refractivity contribution in [3.05, 3.63) is 23.0 Å². The number of carbonyl (C=O) groups excluding carboxylic acids is 1. The van der Waals surface area contributed by atoms with Gasteiger partial charge in [-0.1, -0.05) is 20.8 Å². The molecule has 6 fully saturated rings. The second kappa shape index (κ2) is 8.93. The summed E-state index contributed by atoms with van der Waals surface area (Å²) in [7, 11) is 0. The molecule has 10 heteroatoms. The molecule has 1 aromatic heterocycles. The number of fused-ring (bicyclic) bond motifs is 8. The third kappa shape index (κ3) is 3.18. The molecule has 3 heterocycles. The van der Waals surface area contributed by atoms with E-state index in [4.69, 9.17) is 18.9 Å². The normalized spacial score (nSPS) is 50.1. The summed E-state index contributed by atoms with van der Waals surface area (Å²) in [5.41, 5.74) is -2.73. The van der Waals surface area contributed by atoms with Gasteiger partial charge in [0.15, 0.2) is 13.6 Å². The number of hydrogen-bond donors (Lipinski definition) is 1. The lowest BCUT2D eigenvalue weighted by Crippen LogP contribution is -2.73. The van der Waals surface area contributed by atoms with E-state index in [1.165, 1.54) is 0 Å². The van der Waals surface area contributed by atoms with E-state index in [9.17, 15) is 9.90 Å². The number of nitrogens with zero attached hydrogens (tertiary/aromatic N) is 2. The molecule has 0 aromatic carbocycles. The number of rotatable bonds is 2. The molecule has 2 spiro atoms. The van der Waals surface area contributed by atoms with Crippen LogP contribution in [0.5, 0.6) is 0 Å². The van der Waals surface area contributed by atoms with Crippen LogP contribution in [0.3, 0.4) is 0 Å². The highest BCUT2D eigenvalue weighted by molar-refractivity contribution is 5.79. The first-order valence-electron chi connectivity index (χ1n) is 15.8. The molecule has 230 valence electrons. The fraction of sp³-hybridized carbons (Fsp3) is 0.812. The van der Waals surface area contributed by atoms with Gasteiger partial charge in [-0.2, -0.15) is 5.10 Å². The molecule has 1 N–H and O–H groups in total. The Morgan fingerprint density at radius 3 is 2.62 bits per heavy atom. The average molecular weight is 589 g/mol. The van der Waals surface area contributed by atoms with Crippen molar-refractivity contribution in [1.29, 1.82) is 0 Å². The first-order valence-corrected chi connectivity index (χ1v) is 15.8. The summed E-state index contributed by atoms with van der Waals surface area (Å²) >= 11 is 0. The maximum atomic E-state index is 18.1. The van der Waals surface area contributed by atoms with Crippen LogP contribution in [-0.4, -0.2) is 70.2 Å². The van der Waals surface area contributed by atoms with Crippen LogP contribution in [0, 0.1) is 34.5 Å². The standard InChI is InChI=1S/C32H42F2N2O6/c1-18-8-22-23-9-25(33)24-10-26-20(13-35-36(26)14-19-4-6-21(37)7-5-19)11-28(24,2)31(23,34)27(38)12-29(22,3)32(18)30(41-17-42-32)15-39-16-40-30/h10,13,18-19,22-23,25,27,38H,4-9,11-12,14-17H2,1-3H3/t18-,22-,23-,25-,27-,28-,29-,30?,31-,32+/m0/s1. The Morgan fingerprint density at radius 2 is 1.88 bits per heavy atom. The van der Waals surface area contributed by atoms with Gasteiger partial charge in [0.25, 0.3) is 0 Å². The molecule has 5 aliphatic carbocycles. The minimum absolute atomic E-state index is 0.0114. The van der Waals surface area contributed by atoms with E-state index in [1.54, 1.807) is 6.20 Å². The molecule has 1 unspecified atom stereocenters. The lowest BCUT2D eigenvalue weighted by atomic mass is 9.43. The van der Waals surface area contributed by atoms with E-state index < -0.39 is 46.1 Å². The van der Waals surface area contributed by atoms with Gasteiger partial charge >= 0.3 is 0 Å². The van der Waals surface area contributed by atoms with Crippen molar-refractivity contribution in [2.45, 2.75) is 108 Å². The fourth-order valence-electron chi connectivity index (χ4n) is 11.2. The highest BCUT2D eigenvalue weighted by Crippen LogP contribution is 2.74. The summed E-state index contributed by atoms with van der Waals surface area (Å²) in [5, 5.41) is 16.6. The highest BCUT2D eigenvalue weighted by Gasteiger charge is 2.82. The summed E-state index contributed by atoms with van der Waals surface area (Å²) in [4.78, 5) is 11.7. The number of hydrogen-bond acceptors (Lipinski definition) is 7. The largest absolute Gasteiger partial charge is 0.390 e. The Labute approximate surface area is 245 Å². The Bertz CT molecular complexity index is 1330. The van der Waals surface area contributed by atoms with Gasteiger partial charge in [-0.05, 0) is 73.5 Å². The first-order chi connectivity index (χ1) is 20.0. The molecule has 1 aromatic rings. The van der Waals surface area contributed by atoms with Crippen LogP contribution in [0.25, 0.3) is 6.08 Å². The third-order valence-electron chi connectivity index (χ3n) is 13.1. The number of aromatic nitrogens is 2. The van der Waals surface area contributed by atoms with Gasteiger partial charge in [0.2, 0.25) is 5.79 Å². The van der Waals surface area contributed by atoms with Crippen molar-refractivity contribution in [1.82, 2.24) is 9.78 Å². The van der Waals surface area contributed by atoms with Crippen LogP contribution in [0.15, 0.2) is 11.8 Å². The minimum Gasteiger partial charge on any atom is -0.390 e. The fourth-order valence-corrected chi connectivity index (χ4v) is 11.2. The Kier molecular flexibility index (Phi) is 5.91. The zero-order chi connectivity index (χ0) is 29.3. The van der Waals surface area contributed by atoms with Gasteiger partial charge in [0, 0.05) is 36.1 Å². The Hall–Kier alpha value is -1.72. The van der Waals surface area contributed by atoms with Crippen LogP contribution in [-0.2, 0) is 36.7 Å². The van der Waals surface area contributed by atoms with Crippen molar-refractivity contribution >= 4 is 11.9 Å². The molecule has 7 aliphatic rings. The number of allylic oxidation sites excluding steroid dienone is 1. The van der Waals surface area contributed by atoms with Crippen LogP contribution in [0.1, 0.15) is 77.0 Å². The van der Waals surface area contributed by atoms with E-state index >= 15 is 8.78 Å². The maximum Gasteiger partial charge on any atom is 0.227 e. The van der Waals surface area contributed by atoms with Crippen molar-refractivity contribution in [2.75, 3.05) is 20.2 Å². The van der Waals surface area contributed by atoms with Crippen LogP contribution in [0.2, 0.25) is 0 Å². The van der Waals surface area contributed by atoms with Crippen molar-refractivity contribution in [2.24, 2.45) is 34.5 Å². The van der Waals surface area contributed by atoms with E-state index in [0.717, 1.165) is 24.1 Å². The van der Waals surface area contributed by atoms with Crippen molar-refractivity contribution in [3.8, 4) is 0 Å². The SMILES string of the molecule is C[C@H]1C[C@H]2[C@@H]3C[C@H](F)C4=Cc5c(cnn5CC5CCC(=O)CC5)C[C@]4(C)[C@@]3(F)[C@@H](O)C[C@]2(C)[C@]12OCOC21COCO1. The summed E-state index contributed by atoms with van der Waals surface area (Å²) in [6, 6.07) is 0. The monoisotopic (exact) mass is 588 g/mol. The van der Waals surface area contributed by atoms with Gasteiger partial charge in [0.05, 0.1) is 18.0 Å². The number of carbonyl (C=O) groups is 1. The van der Waals surface area contributed by atoms with Crippen molar-refractivity contribution < 1.29 is 37.6 Å². The first kappa shape index (κ1) is 27.8. The molecular weight excluding hydrogens is 546 g/mol. The molecule has 8 nitrogen and oxygen atoms in total. The second-order valence-corrected chi connectivity index (χ2v) is 14.8. The van der Waals surface area contributed by atoms with Gasteiger partial charge in [-0.3, -0.25) is 9.48 Å². The lowest BCUT2D eigenvalue weighted by molar-refractivity contribution is -0.281. The minimum atomic E-state index is -2.03. The number of alkyl halides is 2. The van der Waals surface area contributed by atoms with E-state index in [-0.39, 0.29) is 51.3 Å². The third-order valence-corrected chi connectivity index (χ3v) is 13.1. The lowest BCUT2D eigenvalue weighted by Gasteiger charge is -2.64. The quantitative estimate of drug-likeness (QED) is 0.543. The van der Waals surface area contributed by atoms with E-state index in [2.05, 4.69) is 18.9 Å². The number of ketones is 1. The predicted octanol–water partition coefficient (Wildman–Crippen LogP) is 4.53. The molecule has 2 saturated heterocycles. The second-order valence-electron chi connectivity index (χ2n) is 14.8. The summed E-state index contributed by atoms with van der Waals surface area (Å²) < 4.78 is 60.9. The summed E-state index contributed by atoms with van der Waals surface area (Å²) in [6.07, 6.45) is 4.91. The van der Waals surface area contributed by atoms with Gasteiger partial charge in [-0.25, -0.2) is 8.78 Å². The number of aliphatic hydroxyl groups is 1. The maximum absolute atomic E-state index is 18.1. The van der Waals surface area contributed by atoms with Gasteiger partial charge in [0.1, 0.15) is 29.8 Å². The molecule has 4 saturated carbocycles. The average Bonchev–Trinajstić information content (AvgIpc) is 3.72.